The normalized spacial score (nSPS) is 12.7. The molecule has 0 amide bonds. The van der Waals surface area contributed by atoms with Gasteiger partial charge < -0.3 is 8.83 Å². The fourth-order valence-corrected chi connectivity index (χ4v) is 6.17. The molecule has 0 atom stereocenters. The summed E-state index contributed by atoms with van der Waals surface area (Å²) in [4.78, 5) is 11.6. The van der Waals surface area contributed by atoms with E-state index in [0.717, 1.165) is 21.9 Å². The van der Waals surface area contributed by atoms with E-state index in [2.05, 4.69) is 74.5 Å². The molecule has 0 saturated carbocycles. The van der Waals surface area contributed by atoms with Crippen LogP contribution in [0.4, 0.5) is 0 Å². The van der Waals surface area contributed by atoms with Crippen molar-refractivity contribution in [3.63, 3.8) is 0 Å². The Morgan fingerprint density at radius 3 is 1.26 bits per heavy atom. The highest BCUT2D eigenvalue weighted by atomic mass is 16.4. The standard InChI is InChI=1S/C15H14.C13H8O2.C12H8O/c1-15(2)13-9-5-3-7-11(13)12-8-4-6-10-14(12)15;14-13-11-7-2-1-5-9(11)10-6-3-4-8-12(10)15-13;1-3-7-11-9(5-1)10-6-2-4-8-12(10)13-11/h3-10H,1-2H3;1-8H;1-8H. The SMILES string of the molecule is CC1(C)c2ccccc2-c2ccccc21.O=c1oc2ccccc2c2ccccc12.c1ccc2c(c1)oc1ccccc12. The van der Waals surface area contributed by atoms with Crippen molar-refractivity contribution in [3.8, 4) is 11.1 Å². The highest BCUT2D eigenvalue weighted by Crippen LogP contribution is 2.48. The number of para-hydroxylation sites is 3. The van der Waals surface area contributed by atoms with E-state index < -0.39 is 0 Å². The lowest BCUT2D eigenvalue weighted by Gasteiger charge is -2.20. The fourth-order valence-electron chi connectivity index (χ4n) is 6.17. The molecule has 1 aliphatic rings. The Bertz CT molecular complexity index is 2200. The number of rotatable bonds is 0. The van der Waals surface area contributed by atoms with E-state index in [0.29, 0.717) is 11.0 Å². The molecular weight excluding hydrogens is 528 g/mol. The van der Waals surface area contributed by atoms with E-state index in [-0.39, 0.29) is 11.0 Å². The van der Waals surface area contributed by atoms with Crippen LogP contribution in [0, 0.1) is 0 Å². The minimum absolute atomic E-state index is 0.160. The number of furan rings is 1. The Morgan fingerprint density at radius 1 is 0.395 bits per heavy atom. The maximum atomic E-state index is 11.6. The fraction of sp³-hybridized carbons (Fsp3) is 0.0750. The van der Waals surface area contributed by atoms with Gasteiger partial charge in [-0.15, -0.1) is 0 Å². The van der Waals surface area contributed by atoms with Gasteiger partial charge in [-0.05, 0) is 51.9 Å². The molecule has 1 aliphatic carbocycles. The first-order valence-electron chi connectivity index (χ1n) is 14.5. The van der Waals surface area contributed by atoms with Crippen molar-refractivity contribution >= 4 is 43.7 Å². The molecule has 208 valence electrons. The van der Waals surface area contributed by atoms with E-state index in [9.17, 15) is 4.79 Å². The molecule has 43 heavy (non-hydrogen) atoms. The molecule has 6 aromatic carbocycles. The molecule has 9 rings (SSSR count). The van der Waals surface area contributed by atoms with Gasteiger partial charge in [-0.25, -0.2) is 4.79 Å². The van der Waals surface area contributed by atoms with Crippen LogP contribution in [0.15, 0.2) is 159 Å². The third-order valence-electron chi connectivity index (χ3n) is 8.30. The molecule has 3 heteroatoms. The van der Waals surface area contributed by atoms with Gasteiger partial charge in [0.1, 0.15) is 16.7 Å². The highest BCUT2D eigenvalue weighted by molar-refractivity contribution is 6.05. The van der Waals surface area contributed by atoms with Gasteiger partial charge in [-0.3, -0.25) is 0 Å². The van der Waals surface area contributed by atoms with Crippen LogP contribution < -0.4 is 5.63 Å². The van der Waals surface area contributed by atoms with Gasteiger partial charge in [0, 0.05) is 21.6 Å². The molecule has 2 heterocycles. The van der Waals surface area contributed by atoms with Gasteiger partial charge in [0.05, 0.1) is 5.39 Å². The number of hydrogen-bond acceptors (Lipinski definition) is 3. The summed E-state index contributed by atoms with van der Waals surface area (Å²) < 4.78 is 10.9. The van der Waals surface area contributed by atoms with Crippen LogP contribution in [0.3, 0.4) is 0 Å². The van der Waals surface area contributed by atoms with Gasteiger partial charge in [0.25, 0.3) is 0 Å². The minimum Gasteiger partial charge on any atom is -0.456 e. The van der Waals surface area contributed by atoms with Crippen LogP contribution in [-0.4, -0.2) is 0 Å². The predicted molar refractivity (Wildman–Crippen MR) is 178 cm³/mol. The third kappa shape index (κ3) is 4.69. The molecule has 0 spiro atoms. The molecule has 0 radical (unpaired) electrons. The van der Waals surface area contributed by atoms with Gasteiger partial charge in [-0.2, -0.15) is 0 Å². The summed E-state index contributed by atoms with van der Waals surface area (Å²) in [5, 5.41) is 4.95. The van der Waals surface area contributed by atoms with Crippen LogP contribution in [0.25, 0.3) is 54.8 Å². The lowest BCUT2D eigenvalue weighted by Crippen LogP contribution is -2.14. The van der Waals surface area contributed by atoms with Crippen LogP contribution in [0.2, 0.25) is 0 Å². The molecule has 0 bridgehead atoms. The van der Waals surface area contributed by atoms with Crippen LogP contribution in [0.1, 0.15) is 25.0 Å². The molecule has 0 N–H and O–H groups in total. The minimum atomic E-state index is -0.274. The first-order chi connectivity index (χ1) is 21.0. The van der Waals surface area contributed by atoms with E-state index in [1.165, 1.54) is 33.0 Å². The number of fused-ring (bicyclic) bond motifs is 9. The van der Waals surface area contributed by atoms with Crippen molar-refractivity contribution in [1.29, 1.82) is 0 Å². The predicted octanol–water partition coefficient (Wildman–Crippen LogP) is 10.5. The molecule has 8 aromatic rings. The lowest BCUT2D eigenvalue weighted by molar-refractivity contribution is 0.569. The summed E-state index contributed by atoms with van der Waals surface area (Å²) in [5.41, 5.74) is 8.15. The molecule has 0 unspecified atom stereocenters. The largest absolute Gasteiger partial charge is 0.456 e. The average Bonchev–Trinajstić information content (AvgIpc) is 3.55. The highest BCUT2D eigenvalue weighted by Gasteiger charge is 2.34. The quantitative estimate of drug-likeness (QED) is 0.137. The van der Waals surface area contributed by atoms with E-state index in [4.69, 9.17) is 8.83 Å². The second-order valence-corrected chi connectivity index (χ2v) is 11.2. The van der Waals surface area contributed by atoms with Crippen LogP contribution >= 0.6 is 0 Å². The summed E-state index contributed by atoms with van der Waals surface area (Å²) in [7, 11) is 0. The van der Waals surface area contributed by atoms with Gasteiger partial charge in [0.15, 0.2) is 0 Å². The topological polar surface area (TPSA) is 43.4 Å². The van der Waals surface area contributed by atoms with Crippen molar-refractivity contribution in [2.75, 3.05) is 0 Å². The van der Waals surface area contributed by atoms with Gasteiger partial charge in [0.2, 0.25) is 0 Å². The number of benzene rings is 6. The Kier molecular flexibility index (Phi) is 6.64. The number of hydrogen-bond donors (Lipinski definition) is 0. The van der Waals surface area contributed by atoms with Crippen LogP contribution in [-0.2, 0) is 5.41 Å². The van der Waals surface area contributed by atoms with Crippen molar-refractivity contribution in [2.45, 2.75) is 19.3 Å². The zero-order valence-electron chi connectivity index (χ0n) is 24.1. The van der Waals surface area contributed by atoms with E-state index >= 15 is 0 Å². The summed E-state index contributed by atoms with van der Waals surface area (Å²) in [6.07, 6.45) is 0. The second-order valence-electron chi connectivity index (χ2n) is 11.2. The van der Waals surface area contributed by atoms with E-state index in [1.54, 1.807) is 6.07 Å². The first kappa shape index (κ1) is 26.5. The monoisotopic (exact) mass is 558 g/mol. The molecule has 0 saturated heterocycles. The summed E-state index contributed by atoms with van der Waals surface area (Å²) in [5.74, 6) is 0. The first-order valence-corrected chi connectivity index (χ1v) is 14.5. The Labute approximate surface area is 249 Å². The summed E-state index contributed by atoms with van der Waals surface area (Å²) >= 11 is 0. The Balaban J connectivity index is 0.000000105. The van der Waals surface area contributed by atoms with Crippen molar-refractivity contribution in [2.24, 2.45) is 0 Å². The van der Waals surface area contributed by atoms with E-state index in [1.807, 2.05) is 78.9 Å². The molecule has 2 aromatic heterocycles. The molecule has 0 aliphatic heterocycles. The maximum absolute atomic E-state index is 11.6. The Hall–Kier alpha value is -5.41. The molecular formula is C40H30O3. The van der Waals surface area contributed by atoms with Gasteiger partial charge in [-0.1, -0.05) is 135 Å². The lowest BCUT2D eigenvalue weighted by atomic mass is 9.82. The second kappa shape index (κ2) is 10.8. The summed E-state index contributed by atoms with van der Waals surface area (Å²) in [6, 6.07) is 48.7. The van der Waals surface area contributed by atoms with Crippen molar-refractivity contribution in [1.82, 2.24) is 0 Å². The zero-order valence-corrected chi connectivity index (χ0v) is 24.1. The smallest absolute Gasteiger partial charge is 0.344 e. The van der Waals surface area contributed by atoms with Crippen LogP contribution in [0.5, 0.6) is 0 Å². The van der Waals surface area contributed by atoms with Crippen molar-refractivity contribution in [3.05, 3.63) is 167 Å². The Morgan fingerprint density at radius 2 is 0.744 bits per heavy atom. The van der Waals surface area contributed by atoms with Gasteiger partial charge >= 0.3 is 5.63 Å². The molecule has 0 fully saturated rings. The average molecular weight is 559 g/mol. The maximum Gasteiger partial charge on any atom is 0.344 e. The summed E-state index contributed by atoms with van der Waals surface area (Å²) in [6.45, 7) is 4.61. The molecule has 3 nitrogen and oxygen atoms in total. The van der Waals surface area contributed by atoms with Crippen molar-refractivity contribution < 1.29 is 8.83 Å². The third-order valence-corrected chi connectivity index (χ3v) is 8.30. The zero-order chi connectivity index (χ0) is 29.4.